The van der Waals surface area contributed by atoms with Gasteiger partial charge in [0.25, 0.3) is 0 Å². The van der Waals surface area contributed by atoms with E-state index in [1.54, 1.807) is 0 Å². The van der Waals surface area contributed by atoms with Crippen molar-refractivity contribution in [3.63, 3.8) is 0 Å². The summed E-state index contributed by atoms with van der Waals surface area (Å²) in [6.45, 7) is 6.23. The Bertz CT molecular complexity index is 309. The Hall–Kier alpha value is -1.14. The van der Waals surface area contributed by atoms with Gasteiger partial charge in [-0.05, 0) is 19.4 Å². The zero-order chi connectivity index (χ0) is 14.3. The molecular weight excluding hydrogens is 248 g/mol. The van der Waals surface area contributed by atoms with Crippen LogP contribution in [0.25, 0.3) is 0 Å². The van der Waals surface area contributed by atoms with Gasteiger partial charge >= 0.3 is 5.97 Å². The van der Waals surface area contributed by atoms with Crippen molar-refractivity contribution in [3.05, 3.63) is 0 Å². The van der Waals surface area contributed by atoms with Crippen LogP contribution in [0.3, 0.4) is 0 Å². The molecule has 2 atom stereocenters. The first kappa shape index (κ1) is 15.9. The molecular formula is C13H24N2O4. The smallest absolute Gasteiger partial charge is 0.310 e. The van der Waals surface area contributed by atoms with E-state index in [-0.39, 0.29) is 25.1 Å². The fourth-order valence-electron chi connectivity index (χ4n) is 2.29. The number of hydrogen-bond acceptors (Lipinski definition) is 4. The van der Waals surface area contributed by atoms with Crippen LogP contribution in [0.2, 0.25) is 0 Å². The van der Waals surface area contributed by atoms with Gasteiger partial charge < -0.3 is 15.2 Å². The van der Waals surface area contributed by atoms with Crippen LogP contribution in [0.1, 0.15) is 26.7 Å². The Morgan fingerprint density at radius 1 is 1.32 bits per heavy atom. The van der Waals surface area contributed by atoms with Crippen molar-refractivity contribution in [2.45, 2.75) is 32.7 Å². The fraction of sp³-hybridized carbons (Fsp3) is 0.846. The fourth-order valence-corrected chi connectivity index (χ4v) is 2.29. The molecule has 1 amide bonds. The minimum atomic E-state index is -0.849. The van der Waals surface area contributed by atoms with E-state index in [1.165, 1.54) is 0 Å². The molecule has 0 aromatic heterocycles. The van der Waals surface area contributed by atoms with Gasteiger partial charge in [-0.25, -0.2) is 0 Å². The summed E-state index contributed by atoms with van der Waals surface area (Å²) in [4.78, 5) is 24.9. The molecule has 110 valence electrons. The number of carbonyl (C=O) groups is 2. The van der Waals surface area contributed by atoms with E-state index in [0.717, 1.165) is 12.8 Å². The second-order valence-corrected chi connectivity index (χ2v) is 4.87. The Balaban J connectivity index is 2.60. The second kappa shape index (κ2) is 8.12. The van der Waals surface area contributed by atoms with E-state index in [0.29, 0.717) is 19.7 Å². The summed E-state index contributed by atoms with van der Waals surface area (Å²) < 4.78 is 5.27. The quantitative estimate of drug-likeness (QED) is 0.665. The summed E-state index contributed by atoms with van der Waals surface area (Å²) >= 11 is 0. The highest BCUT2D eigenvalue weighted by molar-refractivity contribution is 5.78. The second-order valence-electron chi connectivity index (χ2n) is 4.87. The summed E-state index contributed by atoms with van der Waals surface area (Å²) in [6, 6.07) is -0.204. The highest BCUT2D eigenvalue weighted by Gasteiger charge is 2.38. The van der Waals surface area contributed by atoms with Gasteiger partial charge in [-0.15, -0.1) is 0 Å². The molecule has 0 aromatic carbocycles. The van der Waals surface area contributed by atoms with Gasteiger partial charge in [0.05, 0.1) is 25.7 Å². The van der Waals surface area contributed by atoms with E-state index < -0.39 is 11.9 Å². The molecule has 0 bridgehead atoms. The Morgan fingerprint density at radius 2 is 2.05 bits per heavy atom. The van der Waals surface area contributed by atoms with Gasteiger partial charge in [0, 0.05) is 12.6 Å². The maximum Gasteiger partial charge on any atom is 0.310 e. The summed E-state index contributed by atoms with van der Waals surface area (Å²) in [5.41, 5.74) is 0. The number of aliphatic carboxylic acids is 1. The molecule has 1 saturated heterocycles. The van der Waals surface area contributed by atoms with Gasteiger partial charge in [0.2, 0.25) is 5.91 Å². The number of ether oxygens (including phenoxy) is 1. The van der Waals surface area contributed by atoms with Crippen molar-refractivity contribution in [1.29, 1.82) is 0 Å². The highest BCUT2D eigenvalue weighted by atomic mass is 16.5. The van der Waals surface area contributed by atoms with Crippen LogP contribution >= 0.6 is 0 Å². The van der Waals surface area contributed by atoms with E-state index in [4.69, 9.17) is 9.84 Å². The van der Waals surface area contributed by atoms with Gasteiger partial charge in [-0.1, -0.05) is 13.8 Å². The van der Waals surface area contributed by atoms with Crippen LogP contribution in [0.15, 0.2) is 0 Å². The molecule has 0 aromatic rings. The number of nitrogens with zero attached hydrogens (tertiary/aromatic N) is 1. The van der Waals surface area contributed by atoms with Crippen molar-refractivity contribution >= 4 is 11.9 Å². The molecule has 0 spiro atoms. The van der Waals surface area contributed by atoms with Crippen molar-refractivity contribution in [1.82, 2.24) is 10.2 Å². The summed E-state index contributed by atoms with van der Waals surface area (Å²) in [7, 11) is 0. The average molecular weight is 272 g/mol. The predicted octanol–water partition coefficient (Wildman–Crippen LogP) is 0.324. The number of carbonyl (C=O) groups excluding carboxylic acids is 1. The van der Waals surface area contributed by atoms with Crippen LogP contribution in [0, 0.1) is 5.92 Å². The summed E-state index contributed by atoms with van der Waals surface area (Å²) in [5.74, 6) is -1.44. The third-order valence-corrected chi connectivity index (χ3v) is 3.27. The van der Waals surface area contributed by atoms with Gasteiger partial charge in [-0.2, -0.15) is 0 Å². The monoisotopic (exact) mass is 272 g/mol. The van der Waals surface area contributed by atoms with Gasteiger partial charge in [0.1, 0.15) is 0 Å². The van der Waals surface area contributed by atoms with E-state index in [2.05, 4.69) is 5.32 Å². The van der Waals surface area contributed by atoms with Crippen molar-refractivity contribution < 1.29 is 19.4 Å². The minimum absolute atomic E-state index is 0.0497. The number of rotatable bonds is 8. The molecule has 0 saturated carbocycles. The zero-order valence-corrected chi connectivity index (χ0v) is 11.7. The molecule has 1 rings (SSSR count). The molecule has 0 aliphatic carbocycles. The Morgan fingerprint density at radius 3 is 2.63 bits per heavy atom. The van der Waals surface area contributed by atoms with Crippen LogP contribution < -0.4 is 5.32 Å². The molecule has 6 nitrogen and oxygen atoms in total. The van der Waals surface area contributed by atoms with E-state index in [1.807, 2.05) is 18.7 Å². The topological polar surface area (TPSA) is 78.9 Å². The third-order valence-electron chi connectivity index (χ3n) is 3.27. The first-order valence-electron chi connectivity index (χ1n) is 6.91. The van der Waals surface area contributed by atoms with Crippen LogP contribution in [0.4, 0.5) is 0 Å². The maximum atomic E-state index is 11.8. The average Bonchev–Trinajstić information content (AvgIpc) is 2.85. The molecule has 2 N–H and O–H groups in total. The molecule has 6 heteroatoms. The SMILES string of the molecule is CCCNC(=O)CN(CCC)C1COCC1C(=O)O. The number of amides is 1. The van der Waals surface area contributed by atoms with Gasteiger partial charge in [-0.3, -0.25) is 14.5 Å². The van der Waals surface area contributed by atoms with Crippen LogP contribution in [-0.2, 0) is 14.3 Å². The largest absolute Gasteiger partial charge is 0.481 e. The lowest BCUT2D eigenvalue weighted by molar-refractivity contribution is -0.143. The number of carboxylic acids is 1. The van der Waals surface area contributed by atoms with Crippen molar-refractivity contribution in [2.24, 2.45) is 5.92 Å². The number of nitrogens with one attached hydrogen (secondary N) is 1. The molecule has 19 heavy (non-hydrogen) atoms. The lowest BCUT2D eigenvalue weighted by Gasteiger charge is -2.29. The van der Waals surface area contributed by atoms with Crippen molar-refractivity contribution in [3.8, 4) is 0 Å². The van der Waals surface area contributed by atoms with Crippen LogP contribution in [0.5, 0.6) is 0 Å². The summed E-state index contributed by atoms with van der Waals surface area (Å²) in [5, 5.41) is 12.0. The summed E-state index contributed by atoms with van der Waals surface area (Å²) in [6.07, 6.45) is 1.77. The molecule has 1 fully saturated rings. The number of hydrogen-bond donors (Lipinski definition) is 2. The van der Waals surface area contributed by atoms with Crippen molar-refractivity contribution in [2.75, 3.05) is 32.8 Å². The number of carboxylic acid groups (broad SMARTS) is 1. The first-order chi connectivity index (χ1) is 9.10. The predicted molar refractivity (Wildman–Crippen MR) is 70.9 cm³/mol. The lowest BCUT2D eigenvalue weighted by atomic mass is 10.0. The Kier molecular flexibility index (Phi) is 6.80. The molecule has 0 radical (unpaired) electrons. The lowest BCUT2D eigenvalue weighted by Crippen LogP contribution is -2.48. The zero-order valence-electron chi connectivity index (χ0n) is 11.7. The normalized spacial score (nSPS) is 22.7. The van der Waals surface area contributed by atoms with E-state index in [9.17, 15) is 9.59 Å². The molecule has 1 aliphatic rings. The minimum Gasteiger partial charge on any atom is -0.481 e. The molecule has 1 aliphatic heterocycles. The van der Waals surface area contributed by atoms with Crippen LogP contribution in [-0.4, -0.2) is 60.8 Å². The molecule has 1 heterocycles. The third kappa shape index (κ3) is 4.80. The first-order valence-corrected chi connectivity index (χ1v) is 6.91. The van der Waals surface area contributed by atoms with Gasteiger partial charge in [0.15, 0.2) is 0 Å². The maximum absolute atomic E-state index is 11.8. The standard InChI is InChI=1S/C13H24N2O4/c1-3-5-14-12(16)7-15(6-4-2)11-9-19-8-10(11)13(17)18/h10-11H,3-9H2,1-2H3,(H,14,16)(H,17,18). The highest BCUT2D eigenvalue weighted by Crippen LogP contribution is 2.20. The Labute approximate surface area is 114 Å². The molecule has 2 unspecified atom stereocenters. The van der Waals surface area contributed by atoms with E-state index >= 15 is 0 Å².